The normalized spacial score (nSPS) is 12.0. The third-order valence-electron chi connectivity index (χ3n) is 1.04. The molecule has 0 heterocycles. The van der Waals surface area contributed by atoms with E-state index in [-0.39, 0.29) is 0 Å². The van der Waals surface area contributed by atoms with Crippen LogP contribution in [0.15, 0.2) is 12.2 Å². The summed E-state index contributed by atoms with van der Waals surface area (Å²) in [6, 6.07) is 0. The highest BCUT2D eigenvalue weighted by Gasteiger charge is 2.10. The van der Waals surface area contributed by atoms with Crippen LogP contribution < -0.4 is 4.72 Å². The Morgan fingerprint density at radius 2 is 2.00 bits per heavy atom. The van der Waals surface area contributed by atoms with Crippen LogP contribution in [0.4, 0.5) is 0 Å². The van der Waals surface area contributed by atoms with Crippen LogP contribution in [0.3, 0.4) is 0 Å². The van der Waals surface area contributed by atoms with E-state index in [1.54, 1.807) is 6.92 Å². The molecule has 0 saturated heterocycles. The molecular formula is C6H14N2O2S. The molecule has 66 valence electrons. The molecule has 0 aliphatic heterocycles. The molecule has 0 aromatic carbocycles. The third kappa shape index (κ3) is 4.13. The fourth-order valence-electron chi connectivity index (χ4n) is 0.343. The van der Waals surface area contributed by atoms with Crippen molar-refractivity contribution in [3.63, 3.8) is 0 Å². The second-order valence-electron chi connectivity index (χ2n) is 2.57. The first-order valence-corrected chi connectivity index (χ1v) is 4.62. The number of hydrogen-bond acceptors (Lipinski definition) is 2. The molecule has 0 unspecified atom stereocenters. The lowest BCUT2D eigenvalue weighted by Crippen LogP contribution is -2.36. The molecule has 0 saturated carbocycles. The molecule has 5 heteroatoms. The van der Waals surface area contributed by atoms with Gasteiger partial charge in [-0.15, -0.1) is 0 Å². The Balaban J connectivity index is 4.05. The zero-order chi connectivity index (χ0) is 9.07. The highest BCUT2D eigenvalue weighted by Crippen LogP contribution is 1.90. The lowest BCUT2D eigenvalue weighted by atomic mass is 10.4. The van der Waals surface area contributed by atoms with E-state index in [0.29, 0.717) is 6.54 Å². The van der Waals surface area contributed by atoms with Crippen LogP contribution in [0.2, 0.25) is 0 Å². The van der Waals surface area contributed by atoms with Crippen LogP contribution in [0.1, 0.15) is 6.92 Å². The Labute approximate surface area is 68.1 Å². The van der Waals surface area contributed by atoms with E-state index < -0.39 is 10.2 Å². The van der Waals surface area contributed by atoms with Crippen molar-refractivity contribution in [3.8, 4) is 0 Å². The fraction of sp³-hybridized carbons (Fsp3) is 0.667. The minimum absolute atomic E-state index is 0.292. The minimum Gasteiger partial charge on any atom is -0.198 e. The molecule has 0 aromatic heterocycles. The fourth-order valence-corrected chi connectivity index (χ4v) is 1.03. The van der Waals surface area contributed by atoms with E-state index in [0.717, 1.165) is 9.88 Å². The van der Waals surface area contributed by atoms with Gasteiger partial charge in [-0.3, -0.25) is 0 Å². The van der Waals surface area contributed by atoms with Crippen molar-refractivity contribution in [2.75, 3.05) is 20.6 Å². The van der Waals surface area contributed by atoms with Crippen LogP contribution in [-0.4, -0.2) is 33.4 Å². The molecule has 0 amide bonds. The molecule has 11 heavy (non-hydrogen) atoms. The van der Waals surface area contributed by atoms with E-state index in [1.807, 2.05) is 0 Å². The average molecular weight is 178 g/mol. The van der Waals surface area contributed by atoms with Gasteiger partial charge >= 0.3 is 0 Å². The van der Waals surface area contributed by atoms with Gasteiger partial charge in [-0.2, -0.15) is 17.4 Å². The van der Waals surface area contributed by atoms with E-state index in [1.165, 1.54) is 14.1 Å². The van der Waals surface area contributed by atoms with Crippen LogP contribution in [0.25, 0.3) is 0 Å². The standard InChI is InChI=1S/C6H14N2O2S/c1-6(2)5-7-11(9,10)8(3)4/h7H,1,5H2,2-4H3. The smallest absolute Gasteiger partial charge is 0.198 e. The minimum atomic E-state index is -3.27. The largest absolute Gasteiger partial charge is 0.279 e. The molecule has 4 nitrogen and oxygen atoms in total. The summed E-state index contributed by atoms with van der Waals surface area (Å²) in [5, 5.41) is 0. The molecule has 0 aromatic rings. The highest BCUT2D eigenvalue weighted by atomic mass is 32.2. The zero-order valence-corrected chi connectivity index (χ0v) is 7.90. The lowest BCUT2D eigenvalue weighted by Gasteiger charge is -2.11. The number of nitrogens with zero attached hydrogens (tertiary/aromatic N) is 1. The first-order chi connectivity index (χ1) is 4.86. The Kier molecular flexibility index (Phi) is 3.71. The predicted molar refractivity (Wildman–Crippen MR) is 45.4 cm³/mol. The van der Waals surface area contributed by atoms with E-state index >= 15 is 0 Å². The second kappa shape index (κ2) is 3.85. The average Bonchev–Trinajstić information content (AvgIpc) is 1.84. The molecule has 0 atom stereocenters. The molecular weight excluding hydrogens is 164 g/mol. The van der Waals surface area contributed by atoms with Gasteiger partial charge in [-0.05, 0) is 6.92 Å². The summed E-state index contributed by atoms with van der Waals surface area (Å²) in [7, 11) is -0.325. The summed E-state index contributed by atoms with van der Waals surface area (Å²) >= 11 is 0. The number of rotatable bonds is 4. The second-order valence-corrected chi connectivity index (χ2v) is 4.53. The molecule has 0 aliphatic carbocycles. The van der Waals surface area contributed by atoms with Gasteiger partial charge in [0, 0.05) is 20.6 Å². The van der Waals surface area contributed by atoms with Gasteiger partial charge in [0.05, 0.1) is 0 Å². The van der Waals surface area contributed by atoms with Gasteiger partial charge < -0.3 is 0 Å². The van der Waals surface area contributed by atoms with Crippen molar-refractivity contribution in [2.24, 2.45) is 0 Å². The van der Waals surface area contributed by atoms with Gasteiger partial charge in [-0.25, -0.2) is 0 Å². The van der Waals surface area contributed by atoms with E-state index in [4.69, 9.17) is 0 Å². The third-order valence-corrected chi connectivity index (χ3v) is 2.51. The SMILES string of the molecule is C=C(C)CNS(=O)(=O)N(C)C. The highest BCUT2D eigenvalue weighted by molar-refractivity contribution is 7.87. The van der Waals surface area contributed by atoms with Crippen molar-refractivity contribution in [1.82, 2.24) is 9.03 Å². The van der Waals surface area contributed by atoms with Crippen LogP contribution >= 0.6 is 0 Å². The maximum Gasteiger partial charge on any atom is 0.279 e. The van der Waals surface area contributed by atoms with Crippen molar-refractivity contribution in [2.45, 2.75) is 6.92 Å². The van der Waals surface area contributed by atoms with Gasteiger partial charge in [0.25, 0.3) is 10.2 Å². The predicted octanol–water partition coefficient (Wildman–Crippen LogP) is -0.0415. The number of nitrogens with one attached hydrogen (secondary N) is 1. The maximum absolute atomic E-state index is 11.0. The first-order valence-electron chi connectivity index (χ1n) is 3.18. The first kappa shape index (κ1) is 10.6. The van der Waals surface area contributed by atoms with Gasteiger partial charge in [0.1, 0.15) is 0 Å². The van der Waals surface area contributed by atoms with Crippen molar-refractivity contribution in [1.29, 1.82) is 0 Å². The number of hydrogen-bond donors (Lipinski definition) is 1. The topological polar surface area (TPSA) is 49.4 Å². The quantitative estimate of drug-likeness (QED) is 0.614. The monoisotopic (exact) mass is 178 g/mol. The summed E-state index contributed by atoms with van der Waals surface area (Å²) in [6.45, 7) is 5.63. The van der Waals surface area contributed by atoms with Crippen molar-refractivity contribution < 1.29 is 8.42 Å². The van der Waals surface area contributed by atoms with E-state index in [9.17, 15) is 8.42 Å². The molecule has 1 N–H and O–H groups in total. The van der Waals surface area contributed by atoms with Gasteiger partial charge in [0.2, 0.25) is 0 Å². The maximum atomic E-state index is 11.0. The van der Waals surface area contributed by atoms with Crippen molar-refractivity contribution in [3.05, 3.63) is 12.2 Å². The molecule has 0 fully saturated rings. The Morgan fingerprint density at radius 3 is 2.27 bits per heavy atom. The summed E-state index contributed by atoms with van der Waals surface area (Å²) in [6.07, 6.45) is 0. The Bertz CT molecular complexity index is 231. The van der Waals surface area contributed by atoms with Crippen molar-refractivity contribution >= 4 is 10.2 Å². The summed E-state index contributed by atoms with van der Waals surface area (Å²) in [5.74, 6) is 0. The summed E-state index contributed by atoms with van der Waals surface area (Å²) < 4.78 is 25.5. The summed E-state index contributed by atoms with van der Waals surface area (Å²) in [4.78, 5) is 0. The van der Waals surface area contributed by atoms with Gasteiger partial charge in [-0.1, -0.05) is 12.2 Å². The molecule has 0 spiro atoms. The zero-order valence-electron chi connectivity index (χ0n) is 7.09. The molecule has 0 radical (unpaired) electrons. The molecule has 0 rings (SSSR count). The Hall–Kier alpha value is -0.390. The van der Waals surface area contributed by atoms with Crippen LogP contribution in [0.5, 0.6) is 0 Å². The molecule has 0 aliphatic rings. The van der Waals surface area contributed by atoms with E-state index in [2.05, 4.69) is 11.3 Å². The Morgan fingerprint density at radius 1 is 1.55 bits per heavy atom. The van der Waals surface area contributed by atoms with Crippen LogP contribution in [0, 0.1) is 0 Å². The molecule has 0 bridgehead atoms. The van der Waals surface area contributed by atoms with Gasteiger partial charge in [0.15, 0.2) is 0 Å². The lowest BCUT2D eigenvalue weighted by molar-refractivity contribution is 0.508. The van der Waals surface area contributed by atoms with Crippen LogP contribution in [-0.2, 0) is 10.2 Å². The summed E-state index contributed by atoms with van der Waals surface area (Å²) in [5.41, 5.74) is 0.787.